The summed E-state index contributed by atoms with van der Waals surface area (Å²) < 4.78 is 26.2. The number of sulfonamides is 1. The predicted molar refractivity (Wildman–Crippen MR) is 149 cm³/mol. The van der Waals surface area contributed by atoms with Crippen LogP contribution in [0, 0.1) is 6.92 Å². The van der Waals surface area contributed by atoms with Gasteiger partial charge in [-0.3, -0.25) is 13.9 Å². The van der Waals surface area contributed by atoms with Gasteiger partial charge in [0.2, 0.25) is 21.8 Å². The average Bonchev–Trinajstić information content (AvgIpc) is 2.86. The van der Waals surface area contributed by atoms with Crippen molar-refractivity contribution in [1.82, 2.24) is 10.2 Å². The van der Waals surface area contributed by atoms with Crippen LogP contribution in [0.5, 0.6) is 0 Å². The minimum absolute atomic E-state index is 0.118. The minimum Gasteiger partial charge on any atom is -0.352 e. The molecule has 1 fully saturated rings. The summed E-state index contributed by atoms with van der Waals surface area (Å²) in [6.45, 7) is 4.22. The van der Waals surface area contributed by atoms with Crippen molar-refractivity contribution in [3.05, 3.63) is 64.7 Å². The molecule has 3 rings (SSSR count). The molecule has 1 aliphatic carbocycles. The number of anilines is 1. The number of carbonyl (C=O) groups excluding carboxylic acids is 2. The first-order valence-electron chi connectivity index (χ1n) is 12.9. The number of hydrogen-bond acceptors (Lipinski definition) is 4. The molecule has 1 unspecified atom stereocenters. The highest BCUT2D eigenvalue weighted by atomic mass is 35.5. The maximum atomic E-state index is 13.5. The van der Waals surface area contributed by atoms with E-state index in [1.54, 1.807) is 36.1 Å². The third kappa shape index (κ3) is 8.47. The van der Waals surface area contributed by atoms with E-state index in [2.05, 4.69) is 5.32 Å². The van der Waals surface area contributed by atoms with Gasteiger partial charge in [-0.15, -0.1) is 0 Å². The third-order valence-corrected chi connectivity index (χ3v) is 8.43. The van der Waals surface area contributed by atoms with Crippen molar-refractivity contribution in [3.63, 3.8) is 0 Å². The molecule has 0 spiro atoms. The fraction of sp³-hybridized carbons (Fsp3) is 0.500. The lowest BCUT2D eigenvalue weighted by Gasteiger charge is -2.32. The molecule has 1 atom stereocenters. The fourth-order valence-electron chi connectivity index (χ4n) is 4.73. The second-order valence-corrected chi connectivity index (χ2v) is 12.2. The standard InChI is InChI=1S/C28H38ClN3O4S/c1-21-10-7-8-11-23(21)20-31(22(2)28(34)30-25-12-5-4-6-13-25)27(33)14-9-19-32(37(3,35)36)26-17-15-24(29)16-18-26/h7-8,10-11,15-18,22,25H,4-6,9,12-14,19-20H2,1-3H3,(H,30,34). The van der Waals surface area contributed by atoms with Crippen LogP contribution < -0.4 is 9.62 Å². The number of carbonyl (C=O) groups is 2. The van der Waals surface area contributed by atoms with E-state index in [-0.39, 0.29) is 30.8 Å². The molecule has 2 amide bonds. The van der Waals surface area contributed by atoms with E-state index >= 15 is 0 Å². The average molecular weight is 548 g/mol. The van der Waals surface area contributed by atoms with E-state index in [0.29, 0.717) is 23.7 Å². The van der Waals surface area contributed by atoms with Crippen molar-refractivity contribution in [2.45, 2.75) is 77.4 Å². The lowest BCUT2D eigenvalue weighted by Crippen LogP contribution is -2.50. The molecule has 37 heavy (non-hydrogen) atoms. The number of aryl methyl sites for hydroxylation is 1. The Kier molecular flexibility index (Phi) is 10.4. The van der Waals surface area contributed by atoms with Crippen molar-refractivity contribution in [2.24, 2.45) is 0 Å². The van der Waals surface area contributed by atoms with Crippen LogP contribution >= 0.6 is 11.6 Å². The fourth-order valence-corrected chi connectivity index (χ4v) is 5.83. The molecule has 7 nitrogen and oxygen atoms in total. The van der Waals surface area contributed by atoms with Crippen LogP contribution in [-0.2, 0) is 26.2 Å². The Morgan fingerprint density at radius 1 is 1.05 bits per heavy atom. The molecule has 0 aliphatic heterocycles. The molecule has 0 radical (unpaired) electrons. The summed E-state index contributed by atoms with van der Waals surface area (Å²) in [5.74, 6) is -0.327. The van der Waals surface area contributed by atoms with Crippen LogP contribution in [0.25, 0.3) is 0 Å². The first kappa shape index (κ1) is 29.0. The van der Waals surface area contributed by atoms with Gasteiger partial charge in [-0.1, -0.05) is 55.1 Å². The van der Waals surface area contributed by atoms with Crippen LogP contribution in [0.15, 0.2) is 48.5 Å². The normalized spacial score (nSPS) is 15.1. The number of amides is 2. The highest BCUT2D eigenvalue weighted by Gasteiger charge is 2.28. The Bertz CT molecular complexity index is 1160. The Balaban J connectivity index is 1.72. The zero-order valence-electron chi connectivity index (χ0n) is 22.0. The quantitative estimate of drug-likeness (QED) is 0.426. The first-order valence-corrected chi connectivity index (χ1v) is 15.2. The van der Waals surface area contributed by atoms with Crippen LogP contribution in [-0.4, -0.2) is 50.0 Å². The van der Waals surface area contributed by atoms with Crippen molar-refractivity contribution < 1.29 is 18.0 Å². The number of benzene rings is 2. The topological polar surface area (TPSA) is 86.8 Å². The van der Waals surface area contributed by atoms with Gasteiger partial charge in [0.15, 0.2) is 0 Å². The Labute approximate surface area is 226 Å². The lowest BCUT2D eigenvalue weighted by molar-refractivity contribution is -0.141. The second kappa shape index (κ2) is 13.3. The van der Waals surface area contributed by atoms with Gasteiger partial charge < -0.3 is 10.2 Å². The van der Waals surface area contributed by atoms with E-state index in [1.165, 1.54) is 10.7 Å². The van der Waals surface area contributed by atoms with E-state index in [0.717, 1.165) is 43.1 Å². The van der Waals surface area contributed by atoms with E-state index in [4.69, 9.17) is 11.6 Å². The number of hydrogen-bond donors (Lipinski definition) is 1. The molecule has 1 aliphatic rings. The van der Waals surface area contributed by atoms with Crippen LogP contribution in [0.4, 0.5) is 5.69 Å². The maximum absolute atomic E-state index is 13.5. The van der Waals surface area contributed by atoms with Gasteiger partial charge in [0.1, 0.15) is 6.04 Å². The maximum Gasteiger partial charge on any atom is 0.242 e. The summed E-state index contributed by atoms with van der Waals surface area (Å²) in [4.78, 5) is 28.2. The summed E-state index contributed by atoms with van der Waals surface area (Å²) in [5, 5.41) is 3.66. The monoisotopic (exact) mass is 547 g/mol. The van der Waals surface area contributed by atoms with Gasteiger partial charge in [-0.05, 0) is 68.5 Å². The van der Waals surface area contributed by atoms with Gasteiger partial charge in [-0.2, -0.15) is 0 Å². The van der Waals surface area contributed by atoms with Crippen molar-refractivity contribution >= 4 is 39.1 Å². The third-order valence-electron chi connectivity index (χ3n) is 6.99. The van der Waals surface area contributed by atoms with Crippen LogP contribution in [0.3, 0.4) is 0 Å². The van der Waals surface area contributed by atoms with E-state index in [1.807, 2.05) is 31.2 Å². The Morgan fingerprint density at radius 2 is 1.70 bits per heavy atom. The van der Waals surface area contributed by atoms with Gasteiger partial charge >= 0.3 is 0 Å². The van der Waals surface area contributed by atoms with Crippen LogP contribution in [0.2, 0.25) is 5.02 Å². The molecule has 9 heteroatoms. The highest BCUT2D eigenvalue weighted by molar-refractivity contribution is 7.92. The zero-order valence-corrected chi connectivity index (χ0v) is 23.5. The molecular weight excluding hydrogens is 510 g/mol. The number of nitrogens with one attached hydrogen (secondary N) is 1. The van der Waals surface area contributed by atoms with Gasteiger partial charge in [0, 0.05) is 30.6 Å². The summed E-state index contributed by atoms with van der Waals surface area (Å²) in [6, 6.07) is 13.9. The van der Waals surface area contributed by atoms with Gasteiger partial charge in [-0.25, -0.2) is 8.42 Å². The molecule has 202 valence electrons. The molecule has 2 aromatic rings. The molecule has 0 saturated heterocycles. The Hall–Kier alpha value is -2.58. The molecule has 0 bridgehead atoms. The van der Waals surface area contributed by atoms with Crippen LogP contribution in [0.1, 0.15) is 63.0 Å². The number of halogens is 1. The van der Waals surface area contributed by atoms with Gasteiger partial charge in [0.25, 0.3) is 0 Å². The van der Waals surface area contributed by atoms with Crippen molar-refractivity contribution in [1.29, 1.82) is 0 Å². The first-order chi connectivity index (χ1) is 17.6. The Morgan fingerprint density at radius 3 is 2.32 bits per heavy atom. The summed E-state index contributed by atoms with van der Waals surface area (Å²) in [5.41, 5.74) is 2.52. The predicted octanol–water partition coefficient (Wildman–Crippen LogP) is 5.06. The van der Waals surface area contributed by atoms with E-state index < -0.39 is 16.1 Å². The largest absolute Gasteiger partial charge is 0.352 e. The summed E-state index contributed by atoms with van der Waals surface area (Å²) in [7, 11) is -3.55. The van der Waals surface area contributed by atoms with Crippen molar-refractivity contribution in [3.8, 4) is 0 Å². The molecule has 1 N–H and O–H groups in total. The van der Waals surface area contributed by atoms with E-state index in [9.17, 15) is 18.0 Å². The zero-order chi connectivity index (χ0) is 27.0. The molecule has 2 aromatic carbocycles. The SMILES string of the molecule is Cc1ccccc1CN(C(=O)CCCN(c1ccc(Cl)cc1)S(C)(=O)=O)C(C)C(=O)NC1CCCCC1. The summed E-state index contributed by atoms with van der Waals surface area (Å²) in [6.07, 6.45) is 6.92. The minimum atomic E-state index is -3.55. The second-order valence-electron chi connectivity index (χ2n) is 9.88. The molecule has 0 aromatic heterocycles. The highest BCUT2D eigenvalue weighted by Crippen LogP contribution is 2.22. The number of rotatable bonds is 11. The molecule has 1 saturated carbocycles. The summed E-state index contributed by atoms with van der Waals surface area (Å²) >= 11 is 5.95. The molecular formula is C28H38ClN3O4S. The number of nitrogens with zero attached hydrogens (tertiary/aromatic N) is 2. The lowest BCUT2D eigenvalue weighted by atomic mass is 9.95. The smallest absolute Gasteiger partial charge is 0.242 e. The van der Waals surface area contributed by atoms with Crippen molar-refractivity contribution in [2.75, 3.05) is 17.1 Å². The van der Waals surface area contributed by atoms with Gasteiger partial charge in [0.05, 0.1) is 11.9 Å². The molecule has 0 heterocycles.